The molecule has 2 atom stereocenters. The molecule has 2 unspecified atom stereocenters. The molecule has 1 N–H and O–H groups in total. The summed E-state index contributed by atoms with van der Waals surface area (Å²) in [6, 6.07) is 0. The molecular weight excluding hydrogens is 184 g/mol. The molecule has 1 aliphatic carbocycles. The zero-order valence-corrected chi connectivity index (χ0v) is 10.9. The van der Waals surface area contributed by atoms with Crippen molar-refractivity contribution in [3.05, 3.63) is 11.6 Å². The monoisotopic (exact) mass is 210 g/mol. The molecule has 88 valence electrons. The minimum atomic E-state index is -0.508. The van der Waals surface area contributed by atoms with E-state index in [0.29, 0.717) is 11.3 Å². The standard InChI is InChI=1S/C14H26O/c1-6-13(3,4)11-8-9-12(10-11)14(5,15)7-2/h10,12,15H,6-9H2,1-5H3. The lowest BCUT2D eigenvalue weighted by Gasteiger charge is -2.27. The lowest BCUT2D eigenvalue weighted by molar-refractivity contribution is 0.0143. The lowest BCUT2D eigenvalue weighted by atomic mass is 9.81. The van der Waals surface area contributed by atoms with Crippen molar-refractivity contribution < 1.29 is 5.11 Å². The molecule has 0 spiro atoms. The van der Waals surface area contributed by atoms with Crippen molar-refractivity contribution in [1.29, 1.82) is 0 Å². The van der Waals surface area contributed by atoms with Gasteiger partial charge in [-0.05, 0) is 38.0 Å². The Morgan fingerprint density at radius 1 is 1.27 bits per heavy atom. The van der Waals surface area contributed by atoms with E-state index in [2.05, 4.69) is 33.8 Å². The largest absolute Gasteiger partial charge is 0.390 e. The molecule has 0 aromatic carbocycles. The smallest absolute Gasteiger partial charge is 0.0679 e. The van der Waals surface area contributed by atoms with E-state index in [0.717, 1.165) is 12.8 Å². The summed E-state index contributed by atoms with van der Waals surface area (Å²) in [6.07, 6.45) is 6.65. The average Bonchev–Trinajstić information content (AvgIpc) is 2.67. The molecule has 0 radical (unpaired) electrons. The van der Waals surface area contributed by atoms with Gasteiger partial charge in [-0.3, -0.25) is 0 Å². The molecule has 1 nitrogen and oxygen atoms in total. The molecule has 0 amide bonds. The van der Waals surface area contributed by atoms with Crippen LogP contribution >= 0.6 is 0 Å². The van der Waals surface area contributed by atoms with E-state index in [1.54, 1.807) is 5.57 Å². The first-order valence-corrected chi connectivity index (χ1v) is 6.27. The minimum absolute atomic E-state index is 0.318. The second-order valence-electron chi connectivity index (χ2n) is 5.79. The average molecular weight is 210 g/mol. The molecule has 0 saturated carbocycles. The highest BCUT2D eigenvalue weighted by molar-refractivity contribution is 5.20. The Hall–Kier alpha value is -0.300. The van der Waals surface area contributed by atoms with Crippen LogP contribution in [-0.4, -0.2) is 10.7 Å². The molecule has 1 rings (SSSR count). The summed E-state index contributed by atoms with van der Waals surface area (Å²) < 4.78 is 0. The quantitative estimate of drug-likeness (QED) is 0.697. The van der Waals surface area contributed by atoms with Gasteiger partial charge in [-0.25, -0.2) is 0 Å². The molecule has 0 heterocycles. The van der Waals surface area contributed by atoms with Gasteiger partial charge in [0.05, 0.1) is 5.60 Å². The van der Waals surface area contributed by atoms with Crippen molar-refractivity contribution >= 4 is 0 Å². The highest BCUT2D eigenvalue weighted by Crippen LogP contribution is 2.42. The fourth-order valence-electron chi connectivity index (χ4n) is 2.26. The van der Waals surface area contributed by atoms with Gasteiger partial charge in [0.1, 0.15) is 0 Å². The van der Waals surface area contributed by atoms with Crippen molar-refractivity contribution in [2.24, 2.45) is 11.3 Å². The molecular formula is C14H26O. The van der Waals surface area contributed by atoms with E-state index >= 15 is 0 Å². The van der Waals surface area contributed by atoms with Crippen LogP contribution in [0.4, 0.5) is 0 Å². The molecule has 0 saturated heterocycles. The zero-order chi connectivity index (χ0) is 11.7. The van der Waals surface area contributed by atoms with E-state index in [1.807, 2.05) is 6.92 Å². The van der Waals surface area contributed by atoms with E-state index in [1.165, 1.54) is 12.8 Å². The van der Waals surface area contributed by atoms with Gasteiger partial charge in [0.2, 0.25) is 0 Å². The first-order valence-electron chi connectivity index (χ1n) is 6.27. The number of hydrogen-bond acceptors (Lipinski definition) is 1. The van der Waals surface area contributed by atoms with Gasteiger partial charge >= 0.3 is 0 Å². The molecule has 15 heavy (non-hydrogen) atoms. The Kier molecular flexibility index (Phi) is 3.65. The van der Waals surface area contributed by atoms with Crippen molar-refractivity contribution in [3.8, 4) is 0 Å². The first-order chi connectivity index (χ1) is 6.83. The second-order valence-corrected chi connectivity index (χ2v) is 5.79. The van der Waals surface area contributed by atoms with Crippen LogP contribution < -0.4 is 0 Å². The van der Waals surface area contributed by atoms with Crippen LogP contribution in [0.2, 0.25) is 0 Å². The highest BCUT2D eigenvalue weighted by atomic mass is 16.3. The second kappa shape index (κ2) is 4.29. The fourth-order valence-corrected chi connectivity index (χ4v) is 2.26. The van der Waals surface area contributed by atoms with E-state index in [4.69, 9.17) is 0 Å². The number of aliphatic hydroxyl groups is 1. The molecule has 1 heteroatoms. The molecule has 0 bridgehead atoms. The third-order valence-corrected chi connectivity index (χ3v) is 4.39. The summed E-state index contributed by atoms with van der Waals surface area (Å²) >= 11 is 0. The first kappa shape index (κ1) is 12.8. The van der Waals surface area contributed by atoms with Crippen LogP contribution in [0.3, 0.4) is 0 Å². The summed E-state index contributed by atoms with van der Waals surface area (Å²) in [5, 5.41) is 10.2. The maximum absolute atomic E-state index is 10.2. The summed E-state index contributed by atoms with van der Waals surface area (Å²) in [7, 11) is 0. The number of hydrogen-bond donors (Lipinski definition) is 1. The summed E-state index contributed by atoms with van der Waals surface area (Å²) in [4.78, 5) is 0. The maximum atomic E-state index is 10.2. The van der Waals surface area contributed by atoms with Gasteiger partial charge < -0.3 is 5.11 Å². The highest BCUT2D eigenvalue weighted by Gasteiger charge is 2.35. The summed E-state index contributed by atoms with van der Waals surface area (Å²) in [5.41, 5.74) is 1.35. The predicted molar refractivity (Wildman–Crippen MR) is 65.8 cm³/mol. The Bertz CT molecular complexity index is 248. The van der Waals surface area contributed by atoms with Gasteiger partial charge in [-0.1, -0.05) is 39.3 Å². The Morgan fingerprint density at radius 3 is 2.33 bits per heavy atom. The molecule has 0 aliphatic heterocycles. The predicted octanol–water partition coefficient (Wildman–Crippen LogP) is 3.92. The van der Waals surface area contributed by atoms with Crippen LogP contribution in [-0.2, 0) is 0 Å². The summed E-state index contributed by atoms with van der Waals surface area (Å²) in [5.74, 6) is 0.364. The third-order valence-electron chi connectivity index (χ3n) is 4.39. The van der Waals surface area contributed by atoms with Crippen LogP contribution in [0.15, 0.2) is 11.6 Å². The van der Waals surface area contributed by atoms with Gasteiger partial charge in [0, 0.05) is 5.92 Å². The Balaban J connectivity index is 2.79. The van der Waals surface area contributed by atoms with Gasteiger partial charge in [0.25, 0.3) is 0 Å². The van der Waals surface area contributed by atoms with Crippen molar-refractivity contribution in [3.63, 3.8) is 0 Å². The van der Waals surface area contributed by atoms with Crippen LogP contribution in [0.25, 0.3) is 0 Å². The van der Waals surface area contributed by atoms with Gasteiger partial charge in [0.15, 0.2) is 0 Å². The van der Waals surface area contributed by atoms with Gasteiger partial charge in [-0.2, -0.15) is 0 Å². The number of rotatable bonds is 4. The van der Waals surface area contributed by atoms with Gasteiger partial charge in [-0.15, -0.1) is 0 Å². The molecule has 0 aromatic rings. The fraction of sp³-hybridized carbons (Fsp3) is 0.857. The molecule has 1 aliphatic rings. The minimum Gasteiger partial charge on any atom is -0.390 e. The summed E-state index contributed by atoms with van der Waals surface area (Å²) in [6.45, 7) is 10.9. The third kappa shape index (κ3) is 2.63. The van der Waals surface area contributed by atoms with Crippen molar-refractivity contribution in [2.45, 2.75) is 65.9 Å². The van der Waals surface area contributed by atoms with Crippen molar-refractivity contribution in [2.75, 3.05) is 0 Å². The van der Waals surface area contributed by atoms with Crippen LogP contribution in [0, 0.1) is 11.3 Å². The lowest BCUT2D eigenvalue weighted by Crippen LogP contribution is -2.31. The number of allylic oxidation sites excluding steroid dienone is 1. The Morgan fingerprint density at radius 2 is 1.87 bits per heavy atom. The topological polar surface area (TPSA) is 20.2 Å². The normalized spacial score (nSPS) is 26.3. The molecule has 0 fully saturated rings. The SMILES string of the molecule is CCC(C)(C)C1=CC(C(C)(O)CC)CC1. The van der Waals surface area contributed by atoms with Crippen LogP contribution in [0.5, 0.6) is 0 Å². The van der Waals surface area contributed by atoms with E-state index < -0.39 is 5.60 Å². The van der Waals surface area contributed by atoms with Crippen molar-refractivity contribution in [1.82, 2.24) is 0 Å². The zero-order valence-electron chi connectivity index (χ0n) is 10.9. The maximum Gasteiger partial charge on any atom is 0.0679 e. The van der Waals surface area contributed by atoms with E-state index in [9.17, 15) is 5.11 Å². The van der Waals surface area contributed by atoms with Crippen LogP contribution in [0.1, 0.15) is 60.3 Å². The Labute approximate surface area is 94.6 Å². The van der Waals surface area contributed by atoms with E-state index in [-0.39, 0.29) is 0 Å². The molecule has 0 aromatic heterocycles.